The van der Waals surface area contributed by atoms with Crippen molar-refractivity contribution in [2.24, 2.45) is 0 Å². The molecule has 0 saturated carbocycles. The van der Waals surface area contributed by atoms with Crippen LogP contribution in [0.1, 0.15) is 29.1 Å². The number of carbonyl (C=O) groups excluding carboxylic acids is 1. The quantitative estimate of drug-likeness (QED) is 0.891. The molecule has 2 N–H and O–H groups in total. The standard InChI is InChI=1S/C15H16N2O5/c1-9-2-3-11-10(16-9)8-12(22-11)13(18)17-15(14(19)20)4-6-21-7-5-15/h2-3,8H,4-7H2,1H3,(H,17,18)(H,19,20). The number of carbonyl (C=O) groups is 2. The molecule has 1 amide bonds. The molecule has 116 valence electrons. The summed E-state index contributed by atoms with van der Waals surface area (Å²) in [6, 6.07) is 5.03. The molecule has 0 aliphatic carbocycles. The number of hydrogen-bond acceptors (Lipinski definition) is 5. The Labute approximate surface area is 126 Å². The molecule has 3 rings (SSSR count). The molecule has 2 aromatic heterocycles. The summed E-state index contributed by atoms with van der Waals surface area (Å²) in [5.41, 5.74) is 0.567. The van der Waals surface area contributed by atoms with E-state index in [1.54, 1.807) is 12.1 Å². The molecule has 2 aromatic rings. The van der Waals surface area contributed by atoms with Crippen LogP contribution in [0.5, 0.6) is 0 Å². The maximum absolute atomic E-state index is 12.3. The van der Waals surface area contributed by atoms with E-state index in [9.17, 15) is 14.7 Å². The van der Waals surface area contributed by atoms with Crippen molar-refractivity contribution >= 4 is 23.0 Å². The normalized spacial score (nSPS) is 17.3. The lowest BCUT2D eigenvalue weighted by Gasteiger charge is -2.33. The van der Waals surface area contributed by atoms with Crippen LogP contribution in [0.2, 0.25) is 0 Å². The van der Waals surface area contributed by atoms with Crippen LogP contribution in [0.4, 0.5) is 0 Å². The van der Waals surface area contributed by atoms with E-state index in [4.69, 9.17) is 9.15 Å². The zero-order chi connectivity index (χ0) is 15.7. The lowest BCUT2D eigenvalue weighted by atomic mass is 9.90. The monoisotopic (exact) mass is 304 g/mol. The number of rotatable bonds is 3. The van der Waals surface area contributed by atoms with Gasteiger partial charge in [-0.2, -0.15) is 0 Å². The first kappa shape index (κ1) is 14.5. The maximum atomic E-state index is 12.3. The first-order valence-corrected chi connectivity index (χ1v) is 7.01. The minimum atomic E-state index is -1.31. The molecule has 0 bridgehead atoms. The maximum Gasteiger partial charge on any atom is 0.329 e. The Morgan fingerprint density at radius 2 is 2.05 bits per heavy atom. The fourth-order valence-electron chi connectivity index (χ4n) is 2.53. The lowest BCUT2D eigenvalue weighted by Crippen LogP contribution is -2.57. The Balaban J connectivity index is 1.86. The van der Waals surface area contributed by atoms with Gasteiger partial charge in [-0.25, -0.2) is 9.78 Å². The number of aliphatic carboxylic acids is 1. The molecular weight excluding hydrogens is 288 g/mol. The van der Waals surface area contributed by atoms with Gasteiger partial charge in [0.2, 0.25) is 0 Å². The topological polar surface area (TPSA) is 102 Å². The zero-order valence-electron chi connectivity index (χ0n) is 12.1. The van der Waals surface area contributed by atoms with Crippen molar-refractivity contribution in [2.75, 3.05) is 13.2 Å². The summed E-state index contributed by atoms with van der Waals surface area (Å²) in [6.45, 7) is 2.44. The predicted octanol–water partition coefficient (Wildman–Crippen LogP) is 1.50. The fourth-order valence-corrected chi connectivity index (χ4v) is 2.53. The Hall–Kier alpha value is -2.41. The number of aromatic nitrogens is 1. The van der Waals surface area contributed by atoms with Crippen molar-refractivity contribution in [3.63, 3.8) is 0 Å². The van der Waals surface area contributed by atoms with Gasteiger partial charge in [0.15, 0.2) is 11.3 Å². The summed E-state index contributed by atoms with van der Waals surface area (Å²) >= 11 is 0. The van der Waals surface area contributed by atoms with Gasteiger partial charge in [0, 0.05) is 37.8 Å². The van der Waals surface area contributed by atoms with Gasteiger partial charge in [-0.05, 0) is 19.1 Å². The van der Waals surface area contributed by atoms with Crippen LogP contribution >= 0.6 is 0 Å². The van der Waals surface area contributed by atoms with Crippen LogP contribution in [0.25, 0.3) is 11.1 Å². The lowest BCUT2D eigenvalue weighted by molar-refractivity contribution is -0.148. The van der Waals surface area contributed by atoms with Crippen molar-refractivity contribution in [1.29, 1.82) is 0 Å². The van der Waals surface area contributed by atoms with Gasteiger partial charge in [-0.1, -0.05) is 0 Å². The Kier molecular flexibility index (Phi) is 3.58. The second-order valence-electron chi connectivity index (χ2n) is 5.40. The molecule has 1 fully saturated rings. The third-order valence-electron chi connectivity index (χ3n) is 3.85. The second-order valence-corrected chi connectivity index (χ2v) is 5.40. The molecule has 0 radical (unpaired) electrons. The van der Waals surface area contributed by atoms with Crippen molar-refractivity contribution < 1.29 is 23.8 Å². The van der Waals surface area contributed by atoms with Gasteiger partial charge in [-0.3, -0.25) is 4.79 Å². The Morgan fingerprint density at radius 1 is 1.32 bits per heavy atom. The highest BCUT2D eigenvalue weighted by Crippen LogP contribution is 2.23. The molecule has 0 atom stereocenters. The molecule has 1 saturated heterocycles. The first-order chi connectivity index (χ1) is 10.5. The van der Waals surface area contributed by atoms with Crippen LogP contribution in [0.15, 0.2) is 22.6 Å². The fraction of sp³-hybridized carbons (Fsp3) is 0.400. The highest BCUT2D eigenvalue weighted by molar-refractivity contribution is 5.98. The van der Waals surface area contributed by atoms with Crippen LogP contribution in [0, 0.1) is 6.92 Å². The Morgan fingerprint density at radius 3 is 2.73 bits per heavy atom. The summed E-state index contributed by atoms with van der Waals surface area (Å²) in [4.78, 5) is 28.2. The number of amides is 1. The number of fused-ring (bicyclic) bond motifs is 1. The number of carboxylic acids is 1. The summed E-state index contributed by atoms with van der Waals surface area (Å²) in [7, 11) is 0. The zero-order valence-corrected chi connectivity index (χ0v) is 12.1. The highest BCUT2D eigenvalue weighted by atomic mass is 16.5. The molecule has 0 spiro atoms. The predicted molar refractivity (Wildman–Crippen MR) is 76.6 cm³/mol. The number of nitrogens with one attached hydrogen (secondary N) is 1. The third-order valence-corrected chi connectivity index (χ3v) is 3.85. The smallest absolute Gasteiger partial charge is 0.329 e. The average Bonchev–Trinajstić information content (AvgIpc) is 2.91. The number of nitrogens with zero attached hydrogens (tertiary/aromatic N) is 1. The van der Waals surface area contributed by atoms with Crippen molar-refractivity contribution in [3.8, 4) is 0 Å². The number of carboxylic acid groups (broad SMARTS) is 1. The highest BCUT2D eigenvalue weighted by Gasteiger charge is 2.42. The molecule has 1 aliphatic rings. The summed E-state index contributed by atoms with van der Waals surface area (Å²) < 4.78 is 10.6. The van der Waals surface area contributed by atoms with Crippen LogP contribution in [-0.4, -0.2) is 40.7 Å². The van der Waals surface area contributed by atoms with E-state index in [1.165, 1.54) is 6.07 Å². The summed E-state index contributed by atoms with van der Waals surface area (Å²) in [5.74, 6) is -1.56. The second kappa shape index (κ2) is 5.42. The SMILES string of the molecule is Cc1ccc2oc(C(=O)NC3(C(=O)O)CCOCC3)cc2n1. The molecule has 7 nitrogen and oxygen atoms in total. The van der Waals surface area contributed by atoms with Crippen molar-refractivity contribution in [3.05, 3.63) is 29.7 Å². The van der Waals surface area contributed by atoms with E-state index >= 15 is 0 Å². The molecule has 1 aliphatic heterocycles. The van der Waals surface area contributed by atoms with E-state index in [-0.39, 0.29) is 18.6 Å². The third kappa shape index (κ3) is 2.55. The molecule has 22 heavy (non-hydrogen) atoms. The van der Waals surface area contributed by atoms with E-state index in [0.29, 0.717) is 24.3 Å². The summed E-state index contributed by atoms with van der Waals surface area (Å²) in [5, 5.41) is 12.0. The van der Waals surface area contributed by atoms with Gasteiger partial charge in [0.25, 0.3) is 5.91 Å². The minimum Gasteiger partial charge on any atom is -0.480 e. The van der Waals surface area contributed by atoms with E-state index in [1.807, 2.05) is 6.92 Å². The van der Waals surface area contributed by atoms with Crippen LogP contribution < -0.4 is 5.32 Å². The van der Waals surface area contributed by atoms with Crippen LogP contribution in [0.3, 0.4) is 0 Å². The average molecular weight is 304 g/mol. The van der Waals surface area contributed by atoms with Gasteiger partial charge in [0.1, 0.15) is 11.1 Å². The van der Waals surface area contributed by atoms with Crippen molar-refractivity contribution in [2.45, 2.75) is 25.3 Å². The minimum absolute atomic E-state index is 0.0558. The number of hydrogen-bond donors (Lipinski definition) is 2. The van der Waals surface area contributed by atoms with Gasteiger partial charge < -0.3 is 19.6 Å². The van der Waals surface area contributed by atoms with Gasteiger partial charge >= 0.3 is 5.97 Å². The number of aryl methyl sites for hydroxylation is 1. The Bertz CT molecular complexity index is 731. The number of furan rings is 1. The van der Waals surface area contributed by atoms with Crippen molar-refractivity contribution in [1.82, 2.24) is 10.3 Å². The van der Waals surface area contributed by atoms with E-state index in [2.05, 4.69) is 10.3 Å². The molecule has 0 aromatic carbocycles. The number of pyridine rings is 1. The molecule has 0 unspecified atom stereocenters. The van der Waals surface area contributed by atoms with Gasteiger partial charge in [-0.15, -0.1) is 0 Å². The molecule has 3 heterocycles. The van der Waals surface area contributed by atoms with Gasteiger partial charge in [0.05, 0.1) is 0 Å². The first-order valence-electron chi connectivity index (χ1n) is 7.01. The van der Waals surface area contributed by atoms with Crippen LogP contribution in [-0.2, 0) is 9.53 Å². The van der Waals surface area contributed by atoms with E-state index in [0.717, 1.165) is 5.69 Å². The summed E-state index contributed by atoms with van der Waals surface area (Å²) in [6.07, 6.45) is 0.456. The number of ether oxygens (including phenoxy) is 1. The molecular formula is C15H16N2O5. The molecule has 7 heteroatoms. The largest absolute Gasteiger partial charge is 0.480 e. The van der Waals surface area contributed by atoms with E-state index < -0.39 is 17.4 Å².